The minimum Gasteiger partial charge on any atom is -0.445 e. The number of amidine groups is 1. The van der Waals surface area contributed by atoms with Crippen LogP contribution in [0.25, 0.3) is 6.08 Å². The van der Waals surface area contributed by atoms with Gasteiger partial charge >= 0.3 is 12.1 Å². The van der Waals surface area contributed by atoms with Crippen LogP contribution < -0.4 is 43.4 Å². The van der Waals surface area contributed by atoms with Gasteiger partial charge in [-0.05, 0) is 91.1 Å². The molecular weight excluding hydrogens is 1030 g/mol. The second-order valence-corrected chi connectivity index (χ2v) is 20.7. The fraction of sp³-hybridized carbons (Fsp3) is 0.433. The summed E-state index contributed by atoms with van der Waals surface area (Å²) in [5.74, 6) is -1.92. The maximum Gasteiger partial charge on any atom is 0.407 e. The van der Waals surface area contributed by atoms with E-state index in [9.17, 15) is 38.4 Å². The Morgan fingerprint density at radius 1 is 0.778 bits per heavy atom. The van der Waals surface area contributed by atoms with Crippen LogP contribution in [0.2, 0.25) is 0 Å². The third-order valence-corrected chi connectivity index (χ3v) is 13.7. The van der Waals surface area contributed by atoms with Gasteiger partial charge in [-0.25, -0.2) is 14.6 Å². The summed E-state index contributed by atoms with van der Waals surface area (Å²) in [5.41, 5.74) is 18.6. The maximum atomic E-state index is 13.6. The Morgan fingerprint density at radius 3 is 2.19 bits per heavy atom. The summed E-state index contributed by atoms with van der Waals surface area (Å²) in [4.78, 5) is 117. The minimum atomic E-state index is -1.01. The largest absolute Gasteiger partial charge is 0.445 e. The second kappa shape index (κ2) is 30.8. The molecule has 81 heavy (non-hydrogen) atoms. The smallest absolute Gasteiger partial charge is 0.407 e. The van der Waals surface area contributed by atoms with Crippen molar-refractivity contribution in [1.29, 1.82) is 0 Å². The number of nitrogens with one attached hydrogen (secondary N) is 6. The lowest BCUT2D eigenvalue weighted by Crippen LogP contribution is -2.54. The molecule has 2 unspecified atom stereocenters. The molecule has 2 aliphatic heterocycles. The van der Waals surface area contributed by atoms with Crippen molar-refractivity contribution in [3.05, 3.63) is 124 Å². The van der Waals surface area contributed by atoms with Crippen LogP contribution in [-0.2, 0) is 50.0 Å². The number of unbranched alkanes of at least 4 members (excludes halogenated alkanes) is 2. The number of ether oxygens (including phenoxy) is 1. The number of anilines is 2. The zero-order valence-electron chi connectivity index (χ0n) is 47.2. The van der Waals surface area contributed by atoms with E-state index >= 15 is 0 Å². The van der Waals surface area contributed by atoms with Crippen molar-refractivity contribution >= 4 is 76.4 Å². The standard InChI is InChI=1S/C60H78N12O9/c1-6-9-10-13-53(74)70-54(38(4)5)57(77)69-49(12-11-25-63-59(62)79)56(76)66-46-22-16-40(17-23-46)37-81-60(80)65-34-51(73)41-18-14-39(15-19-41)35-71-28-24-48-45(36-71)30-47(33-64-48)67-55(75)43-21-20-42-29-44(32-52(61)68-50(42)31-43)58(78)72(26-7-2)27-8-3/h14-23,29-31,33,38,49,54H,6-13,24-28,32,34-37H2,1-5H3,(H2,61,68)(H,65,80)(H,66,76)(H,67,75)(H,69,77)(H,70,74)(H3,62,63,79). The molecule has 0 fully saturated rings. The van der Waals surface area contributed by atoms with Gasteiger partial charge in [0.15, 0.2) is 5.78 Å². The molecule has 0 aliphatic carbocycles. The lowest BCUT2D eigenvalue weighted by atomic mass is 10.0. The van der Waals surface area contributed by atoms with Crippen LogP contribution in [0.5, 0.6) is 0 Å². The first-order valence-electron chi connectivity index (χ1n) is 28.0. The number of carbonyl (C=O) groups excluding carboxylic acids is 8. The first kappa shape index (κ1) is 61.7. The maximum absolute atomic E-state index is 13.6. The number of ketones is 1. The number of alkyl carbamates (subject to hydrolysis) is 1. The van der Waals surface area contributed by atoms with Crippen molar-refractivity contribution in [2.45, 2.75) is 131 Å². The minimum absolute atomic E-state index is 0.0574. The third kappa shape index (κ3) is 19.1. The zero-order valence-corrected chi connectivity index (χ0v) is 47.2. The van der Waals surface area contributed by atoms with Gasteiger partial charge in [0.25, 0.3) is 5.91 Å². The molecule has 3 heterocycles. The summed E-state index contributed by atoms with van der Waals surface area (Å²) < 4.78 is 5.36. The number of hydrogen-bond donors (Lipinski definition) is 8. The Hall–Kier alpha value is -8.46. The van der Waals surface area contributed by atoms with Crippen molar-refractivity contribution < 1.29 is 43.1 Å². The number of Topliss-reactive ketones (excluding diaryl/α,β-unsaturated/α-hetero) is 1. The average Bonchev–Trinajstić information content (AvgIpc) is 3.71. The number of fused-ring (bicyclic) bond motifs is 2. The normalized spacial score (nSPS) is 13.6. The number of aromatic nitrogens is 1. The first-order valence-corrected chi connectivity index (χ1v) is 28.0. The quantitative estimate of drug-likeness (QED) is 0.0210. The van der Waals surface area contributed by atoms with E-state index < -0.39 is 36.0 Å². The summed E-state index contributed by atoms with van der Waals surface area (Å²) in [6.07, 6.45) is 8.65. The van der Waals surface area contributed by atoms with Crippen molar-refractivity contribution in [1.82, 2.24) is 36.1 Å². The van der Waals surface area contributed by atoms with E-state index in [1.54, 1.807) is 74.6 Å². The zero-order chi connectivity index (χ0) is 58.4. The van der Waals surface area contributed by atoms with E-state index in [4.69, 9.17) is 16.2 Å². The number of rotatable bonds is 28. The first-order chi connectivity index (χ1) is 38.9. The summed E-state index contributed by atoms with van der Waals surface area (Å²) in [7, 11) is 0. The van der Waals surface area contributed by atoms with Gasteiger partial charge in [0.2, 0.25) is 23.6 Å². The van der Waals surface area contributed by atoms with Gasteiger partial charge in [-0.2, -0.15) is 0 Å². The molecule has 3 aromatic carbocycles. The summed E-state index contributed by atoms with van der Waals surface area (Å²) in [6, 6.07) is 18.3. The highest BCUT2D eigenvalue weighted by Gasteiger charge is 2.29. The molecule has 0 saturated heterocycles. The number of urea groups is 1. The number of hydrogen-bond acceptors (Lipinski definition) is 13. The number of carbonyl (C=O) groups is 8. The Bertz CT molecular complexity index is 2940. The Balaban J connectivity index is 0.946. The van der Waals surface area contributed by atoms with E-state index in [-0.39, 0.29) is 62.0 Å². The molecule has 1 aromatic heterocycles. The van der Waals surface area contributed by atoms with Crippen molar-refractivity contribution in [3.8, 4) is 0 Å². The lowest BCUT2D eigenvalue weighted by Gasteiger charge is -2.28. The molecule has 432 valence electrons. The number of pyridine rings is 1. The fourth-order valence-electron chi connectivity index (χ4n) is 9.40. The Morgan fingerprint density at radius 2 is 1.49 bits per heavy atom. The highest BCUT2D eigenvalue weighted by atomic mass is 16.5. The average molecular weight is 1110 g/mol. The molecule has 4 aromatic rings. The van der Waals surface area contributed by atoms with Crippen molar-refractivity contribution in [2.75, 3.05) is 43.4 Å². The molecule has 21 heteroatoms. The SMILES string of the molecule is CCCCCC(=O)NC(C(=O)NC(CCCNC(N)=O)C(=O)Nc1ccc(COC(=O)NCC(=O)c2ccc(CN3CCc4ncc(NC(=O)c5ccc6c(c5)N=C(N)CC(C(=O)N(CCC)CCC)=C6)cc4C3)cc2)cc1)C(C)C. The predicted octanol–water partition coefficient (Wildman–Crippen LogP) is 7.02. The molecule has 2 aliphatic rings. The van der Waals surface area contributed by atoms with Crippen molar-refractivity contribution in [2.24, 2.45) is 22.4 Å². The molecule has 2 atom stereocenters. The van der Waals surface area contributed by atoms with Crippen LogP contribution in [0.15, 0.2) is 89.6 Å². The summed E-state index contributed by atoms with van der Waals surface area (Å²) in [6.45, 7) is 12.8. The van der Waals surface area contributed by atoms with E-state index in [1.807, 2.05) is 49.9 Å². The number of primary amides is 1. The van der Waals surface area contributed by atoms with E-state index in [0.717, 1.165) is 55.5 Å². The van der Waals surface area contributed by atoms with Gasteiger partial charge < -0.3 is 53.0 Å². The van der Waals surface area contributed by atoms with Crippen LogP contribution >= 0.6 is 0 Å². The molecule has 6 rings (SSSR count). The van der Waals surface area contributed by atoms with E-state index in [2.05, 4.69) is 46.8 Å². The lowest BCUT2D eigenvalue weighted by molar-refractivity contribution is -0.132. The molecule has 8 amide bonds. The van der Waals surface area contributed by atoms with Gasteiger partial charge in [-0.3, -0.25) is 38.7 Å². The molecule has 10 N–H and O–H groups in total. The van der Waals surface area contributed by atoms with Gasteiger partial charge in [0.1, 0.15) is 24.5 Å². The number of nitrogens with zero attached hydrogens (tertiary/aromatic N) is 4. The second-order valence-electron chi connectivity index (χ2n) is 20.7. The summed E-state index contributed by atoms with van der Waals surface area (Å²) >= 11 is 0. The molecular formula is C60H78N12O9. The third-order valence-electron chi connectivity index (χ3n) is 13.7. The van der Waals surface area contributed by atoms with Crippen LogP contribution in [0.3, 0.4) is 0 Å². The van der Waals surface area contributed by atoms with Gasteiger partial charge in [0.05, 0.1) is 24.1 Å². The molecule has 0 bridgehead atoms. The molecule has 0 radical (unpaired) electrons. The van der Waals surface area contributed by atoms with Gasteiger partial charge in [0, 0.05) is 92.2 Å². The van der Waals surface area contributed by atoms with Crippen molar-refractivity contribution in [3.63, 3.8) is 0 Å². The summed E-state index contributed by atoms with van der Waals surface area (Å²) in [5, 5.41) is 16.3. The van der Waals surface area contributed by atoms with Gasteiger partial charge in [-0.15, -0.1) is 0 Å². The van der Waals surface area contributed by atoms with Gasteiger partial charge in [-0.1, -0.05) is 89.9 Å². The Labute approximate surface area is 473 Å². The van der Waals surface area contributed by atoms with E-state index in [1.165, 1.54) is 0 Å². The van der Waals surface area contributed by atoms with Crippen LogP contribution in [0, 0.1) is 5.92 Å². The highest BCUT2D eigenvalue weighted by Crippen LogP contribution is 2.30. The molecule has 21 nitrogen and oxygen atoms in total. The number of amides is 8. The van der Waals surface area contributed by atoms with Crippen LogP contribution in [0.4, 0.5) is 26.7 Å². The monoisotopic (exact) mass is 1110 g/mol. The number of aliphatic imine (C=N–C) groups is 1. The number of benzene rings is 3. The topological polar surface area (TPSA) is 302 Å². The fourth-order valence-corrected chi connectivity index (χ4v) is 9.40. The van der Waals surface area contributed by atoms with Crippen LogP contribution in [0.1, 0.15) is 141 Å². The highest BCUT2D eigenvalue weighted by molar-refractivity contribution is 6.08. The Kier molecular flexibility index (Phi) is 23.5. The molecule has 0 spiro atoms. The van der Waals surface area contributed by atoms with Crippen LogP contribution in [-0.4, -0.2) is 113 Å². The number of nitrogens with two attached hydrogens (primary N) is 2. The predicted molar refractivity (Wildman–Crippen MR) is 311 cm³/mol. The molecule has 0 saturated carbocycles. The van der Waals surface area contributed by atoms with E-state index in [0.29, 0.717) is 96.2 Å².